The Balaban J connectivity index is 1.08. The Morgan fingerprint density at radius 1 is 0.980 bits per heavy atom. The number of alkyl carbamates (subject to hydrolysis) is 1. The van der Waals surface area contributed by atoms with Crippen molar-refractivity contribution in [3.05, 3.63) is 93.7 Å². The Kier molecular flexibility index (Phi) is 10.4. The van der Waals surface area contributed by atoms with E-state index in [1.807, 2.05) is 37.4 Å². The van der Waals surface area contributed by atoms with Crippen LogP contribution in [0.5, 0.6) is 11.5 Å². The third-order valence-electron chi connectivity index (χ3n) is 8.35. The minimum absolute atomic E-state index is 0.0653. The first-order valence-electron chi connectivity index (χ1n) is 15.7. The molecule has 2 amide bonds. The second kappa shape index (κ2) is 15.1. The smallest absolute Gasteiger partial charge is 0.414 e. The first-order valence-corrected chi connectivity index (χ1v) is 16.4. The summed E-state index contributed by atoms with van der Waals surface area (Å²) in [5.41, 5.74) is 5.51. The Hall–Kier alpha value is -4.94. The van der Waals surface area contributed by atoms with Crippen molar-refractivity contribution in [3.63, 3.8) is 0 Å². The number of aliphatic carboxylic acids is 1. The van der Waals surface area contributed by atoms with Gasteiger partial charge in [-0.1, -0.05) is 41.4 Å². The van der Waals surface area contributed by atoms with Crippen LogP contribution in [0.25, 0.3) is 11.1 Å². The third-order valence-corrected chi connectivity index (χ3v) is 9.13. The fourth-order valence-electron chi connectivity index (χ4n) is 5.86. The van der Waals surface area contributed by atoms with Gasteiger partial charge in [-0.2, -0.15) is 5.10 Å². The van der Waals surface area contributed by atoms with E-state index in [9.17, 15) is 14.4 Å². The molecule has 1 fully saturated rings. The van der Waals surface area contributed by atoms with Crippen molar-refractivity contribution in [2.75, 3.05) is 44.4 Å². The zero-order valence-corrected chi connectivity index (χ0v) is 28.1. The van der Waals surface area contributed by atoms with Crippen LogP contribution in [-0.2, 0) is 20.8 Å². The highest BCUT2D eigenvalue weighted by Gasteiger charge is 2.48. The number of carbonyl (C=O) groups excluding carboxylic acids is 2. The fourth-order valence-corrected chi connectivity index (χ4v) is 6.20. The van der Waals surface area contributed by atoms with E-state index >= 15 is 0 Å². The van der Waals surface area contributed by atoms with E-state index in [0.29, 0.717) is 46.5 Å². The van der Waals surface area contributed by atoms with E-state index in [4.69, 9.17) is 47.3 Å². The Bertz CT molecular complexity index is 1870. The van der Waals surface area contributed by atoms with E-state index in [1.165, 1.54) is 0 Å². The van der Waals surface area contributed by atoms with Crippen LogP contribution >= 0.6 is 23.2 Å². The van der Waals surface area contributed by atoms with Crippen LogP contribution in [0.15, 0.2) is 67.0 Å². The number of fused-ring (bicyclic) bond motifs is 3. The molecular weight excluding hydrogens is 675 g/mol. The summed E-state index contributed by atoms with van der Waals surface area (Å²) in [5.74, 6) is 0.748. The molecule has 0 radical (unpaired) electrons. The second-order valence-electron chi connectivity index (χ2n) is 11.7. The van der Waals surface area contributed by atoms with Gasteiger partial charge in [-0.25, -0.2) is 9.59 Å². The molecule has 2 N–H and O–H groups in total. The van der Waals surface area contributed by atoms with Gasteiger partial charge in [-0.05, 0) is 78.3 Å². The molecule has 49 heavy (non-hydrogen) atoms. The summed E-state index contributed by atoms with van der Waals surface area (Å²) < 4.78 is 23.8. The number of nitrogens with one attached hydrogen (secondary N) is 1. The molecule has 2 heterocycles. The SMILES string of the molecule is Cc1c(Cl)cccc1OCCOC(=O)N1C[C@@H]2C[C@@H]2c2c(-c3cnn(Cc4cc(OCCOC(=O)NCC(=O)O)ccc4Cl)c3)cccc21. The maximum absolute atomic E-state index is 13.3. The van der Waals surface area contributed by atoms with E-state index in [-0.39, 0.29) is 26.4 Å². The number of nitrogens with zero attached hydrogens (tertiary/aromatic N) is 3. The molecule has 12 nitrogen and oxygen atoms in total. The molecule has 4 aromatic rings. The van der Waals surface area contributed by atoms with Crippen LogP contribution in [0.3, 0.4) is 0 Å². The molecule has 1 saturated carbocycles. The highest BCUT2D eigenvalue weighted by atomic mass is 35.5. The second-order valence-corrected chi connectivity index (χ2v) is 12.5. The van der Waals surface area contributed by atoms with Gasteiger partial charge >= 0.3 is 18.2 Å². The molecule has 6 rings (SSSR count). The van der Waals surface area contributed by atoms with E-state index in [2.05, 4.69) is 16.5 Å². The Morgan fingerprint density at radius 3 is 2.61 bits per heavy atom. The minimum atomic E-state index is -1.17. The predicted octanol–water partition coefficient (Wildman–Crippen LogP) is 6.54. The Labute approximate surface area is 292 Å². The van der Waals surface area contributed by atoms with Crippen molar-refractivity contribution in [1.29, 1.82) is 0 Å². The number of hydrogen-bond acceptors (Lipinski definition) is 8. The summed E-state index contributed by atoms with van der Waals surface area (Å²) in [6.07, 6.45) is 3.51. The third kappa shape index (κ3) is 8.21. The molecule has 2 aliphatic rings. The molecular formula is C35H34Cl2N4O8. The van der Waals surface area contributed by atoms with Gasteiger partial charge in [0.25, 0.3) is 0 Å². The van der Waals surface area contributed by atoms with Crippen LogP contribution in [0.2, 0.25) is 10.0 Å². The molecule has 0 bridgehead atoms. The largest absolute Gasteiger partial charge is 0.490 e. The molecule has 0 saturated heterocycles. The van der Waals surface area contributed by atoms with Crippen LogP contribution in [0, 0.1) is 12.8 Å². The predicted molar refractivity (Wildman–Crippen MR) is 182 cm³/mol. The number of carbonyl (C=O) groups is 3. The highest BCUT2D eigenvalue weighted by molar-refractivity contribution is 6.31. The van der Waals surface area contributed by atoms with Crippen molar-refractivity contribution < 1.29 is 38.4 Å². The maximum Gasteiger partial charge on any atom is 0.414 e. The number of carboxylic acids is 1. The number of rotatable bonds is 13. The molecule has 2 atom stereocenters. The summed E-state index contributed by atoms with van der Waals surface area (Å²) >= 11 is 12.7. The fraction of sp³-hybridized carbons (Fsp3) is 0.314. The molecule has 0 spiro atoms. The lowest BCUT2D eigenvalue weighted by Gasteiger charge is -2.29. The molecule has 1 aliphatic carbocycles. The quantitative estimate of drug-likeness (QED) is 0.148. The number of anilines is 1. The molecule has 1 aliphatic heterocycles. The van der Waals surface area contributed by atoms with Gasteiger partial charge in [-0.15, -0.1) is 0 Å². The van der Waals surface area contributed by atoms with Crippen molar-refractivity contribution >= 4 is 47.0 Å². The standard InChI is InChI=1S/C35H34Cl2N4O8/c1-21-28(36)5-3-7-31(21)47-11-13-49-35(45)41-20-22-15-27(22)33-26(4-2-6-30(33)41)24-16-39-40(19-24)18-23-14-25(8-9-29(23)37)46-10-12-48-34(44)38-17-32(42)43/h2-9,14,16,19,22,27H,10-13,15,17-18,20H2,1H3,(H,38,44)(H,42,43)/t22-,27-/m0/s1. The van der Waals surface area contributed by atoms with E-state index < -0.39 is 24.7 Å². The topological polar surface area (TPSA) is 141 Å². The van der Waals surface area contributed by atoms with Gasteiger partial charge < -0.3 is 29.4 Å². The van der Waals surface area contributed by atoms with Crippen LogP contribution in [-0.4, -0.2) is 72.6 Å². The zero-order valence-electron chi connectivity index (χ0n) is 26.6. The lowest BCUT2D eigenvalue weighted by molar-refractivity contribution is -0.135. The summed E-state index contributed by atoms with van der Waals surface area (Å²) in [5, 5.41) is 16.5. The average Bonchev–Trinajstić information content (AvgIpc) is 3.74. The number of halogens is 2. The average molecular weight is 710 g/mol. The van der Waals surface area contributed by atoms with Gasteiger partial charge in [0.15, 0.2) is 0 Å². The van der Waals surface area contributed by atoms with Gasteiger partial charge in [0.05, 0.1) is 18.4 Å². The van der Waals surface area contributed by atoms with Crippen LogP contribution in [0.1, 0.15) is 29.0 Å². The molecule has 256 valence electrons. The maximum atomic E-state index is 13.3. The molecule has 14 heteroatoms. The van der Waals surface area contributed by atoms with E-state index in [1.54, 1.807) is 40.0 Å². The summed E-state index contributed by atoms with van der Waals surface area (Å²) in [6, 6.07) is 16.6. The normalized spacial score (nSPS) is 15.9. The summed E-state index contributed by atoms with van der Waals surface area (Å²) in [7, 11) is 0. The number of carboxylic acid groups (broad SMARTS) is 1. The van der Waals surface area contributed by atoms with Gasteiger partial charge in [0.2, 0.25) is 0 Å². The lowest BCUT2D eigenvalue weighted by atomic mass is 9.93. The number of benzene rings is 3. The minimum Gasteiger partial charge on any atom is -0.490 e. The first-order chi connectivity index (χ1) is 23.7. The van der Waals surface area contributed by atoms with Crippen molar-refractivity contribution in [2.45, 2.75) is 25.8 Å². The Morgan fingerprint density at radius 2 is 1.78 bits per heavy atom. The van der Waals surface area contributed by atoms with Crippen molar-refractivity contribution in [3.8, 4) is 22.6 Å². The van der Waals surface area contributed by atoms with Crippen LogP contribution < -0.4 is 19.7 Å². The monoisotopic (exact) mass is 708 g/mol. The van der Waals surface area contributed by atoms with Gasteiger partial charge in [-0.3, -0.25) is 14.4 Å². The van der Waals surface area contributed by atoms with Crippen molar-refractivity contribution in [1.82, 2.24) is 15.1 Å². The number of aromatic nitrogens is 2. The van der Waals surface area contributed by atoms with Gasteiger partial charge in [0, 0.05) is 33.9 Å². The zero-order chi connectivity index (χ0) is 34.5. The number of ether oxygens (including phenoxy) is 4. The first kappa shape index (κ1) is 33.9. The summed E-state index contributed by atoms with van der Waals surface area (Å²) in [4.78, 5) is 37.0. The summed E-state index contributed by atoms with van der Waals surface area (Å²) in [6.45, 7) is 2.64. The number of hydrogen-bond donors (Lipinski definition) is 2. The molecule has 0 unspecified atom stereocenters. The molecule has 1 aromatic heterocycles. The van der Waals surface area contributed by atoms with Gasteiger partial charge in [0.1, 0.15) is 44.5 Å². The van der Waals surface area contributed by atoms with E-state index in [0.717, 1.165) is 39.9 Å². The van der Waals surface area contributed by atoms with Crippen LogP contribution in [0.4, 0.5) is 15.3 Å². The number of amides is 2. The molecule has 3 aromatic carbocycles. The van der Waals surface area contributed by atoms with Crippen molar-refractivity contribution in [2.24, 2.45) is 5.92 Å². The lowest BCUT2D eigenvalue weighted by Crippen LogP contribution is -2.37. The highest BCUT2D eigenvalue weighted by Crippen LogP contribution is 2.57.